The second-order valence-corrected chi connectivity index (χ2v) is 6.74. The van der Waals surface area contributed by atoms with E-state index in [4.69, 9.17) is 4.74 Å². The van der Waals surface area contributed by atoms with E-state index in [1.807, 2.05) is 0 Å². The van der Waals surface area contributed by atoms with Gasteiger partial charge in [0, 0.05) is 13.3 Å². The highest BCUT2D eigenvalue weighted by Gasteiger charge is 2.10. The fourth-order valence-corrected chi connectivity index (χ4v) is 2.41. The van der Waals surface area contributed by atoms with Crippen LogP contribution >= 0.6 is 0 Å². The van der Waals surface area contributed by atoms with Crippen LogP contribution in [0.2, 0.25) is 0 Å². The summed E-state index contributed by atoms with van der Waals surface area (Å²) in [6.45, 7) is 3.12. The molecule has 0 amide bonds. The average Bonchev–Trinajstić information content (AvgIpc) is 2.67. The quantitative estimate of drug-likeness (QED) is 0.212. The number of esters is 2. The Bertz CT molecular complexity index is 479. The van der Waals surface area contributed by atoms with E-state index >= 15 is 0 Å². The summed E-state index contributed by atoms with van der Waals surface area (Å²) in [5, 5.41) is 9.48. The van der Waals surface area contributed by atoms with Crippen LogP contribution in [0.4, 0.5) is 0 Å². The van der Waals surface area contributed by atoms with Crippen LogP contribution in [0.1, 0.15) is 78.1 Å². The molecule has 0 aliphatic heterocycles. The van der Waals surface area contributed by atoms with Gasteiger partial charge in [0.2, 0.25) is 0 Å². The summed E-state index contributed by atoms with van der Waals surface area (Å²) >= 11 is 0. The van der Waals surface area contributed by atoms with Gasteiger partial charge in [-0.3, -0.25) is 9.59 Å². The van der Waals surface area contributed by atoms with Gasteiger partial charge in [-0.25, -0.2) is 0 Å². The van der Waals surface area contributed by atoms with Crippen molar-refractivity contribution in [3.05, 3.63) is 36.5 Å². The Balaban J connectivity index is 3.42. The highest BCUT2D eigenvalue weighted by molar-refractivity contribution is 5.69. The fourth-order valence-electron chi connectivity index (χ4n) is 2.41. The topological polar surface area (TPSA) is 72.8 Å². The van der Waals surface area contributed by atoms with Crippen molar-refractivity contribution in [2.45, 2.75) is 84.2 Å². The van der Waals surface area contributed by atoms with Gasteiger partial charge in [-0.1, -0.05) is 62.6 Å². The van der Waals surface area contributed by atoms with Crippen LogP contribution in [0.5, 0.6) is 0 Å². The summed E-state index contributed by atoms with van der Waals surface area (Å²) in [5.41, 5.74) is 0. The van der Waals surface area contributed by atoms with Crippen molar-refractivity contribution in [1.29, 1.82) is 0 Å². The SMILES string of the molecule is CCC=CCC=CCC=CCCCCCCCC(=O)OCC(O)COC(C)=O. The Morgan fingerprint density at radius 3 is 2.07 bits per heavy atom. The number of carbonyl (C=O) groups excluding carboxylic acids is 2. The zero-order chi connectivity index (χ0) is 20.9. The van der Waals surface area contributed by atoms with Crippen LogP contribution < -0.4 is 0 Å². The van der Waals surface area contributed by atoms with Crippen LogP contribution in [0, 0.1) is 0 Å². The van der Waals surface area contributed by atoms with Crippen molar-refractivity contribution in [3.8, 4) is 0 Å². The van der Waals surface area contributed by atoms with Gasteiger partial charge in [0.25, 0.3) is 0 Å². The molecule has 0 rings (SSSR count). The first-order valence-corrected chi connectivity index (χ1v) is 10.5. The molecule has 0 radical (unpaired) electrons. The molecule has 0 spiro atoms. The van der Waals surface area contributed by atoms with Gasteiger partial charge >= 0.3 is 11.9 Å². The monoisotopic (exact) mass is 394 g/mol. The number of aliphatic hydroxyl groups is 1. The molecule has 0 aliphatic carbocycles. The third-order valence-electron chi connectivity index (χ3n) is 3.95. The number of hydrogen-bond acceptors (Lipinski definition) is 5. The van der Waals surface area contributed by atoms with E-state index in [1.165, 1.54) is 13.3 Å². The lowest BCUT2D eigenvalue weighted by molar-refractivity contribution is -0.151. The van der Waals surface area contributed by atoms with Gasteiger partial charge in [0.15, 0.2) is 0 Å². The summed E-state index contributed by atoms with van der Waals surface area (Å²) in [5.74, 6) is -0.781. The molecular weight excluding hydrogens is 356 g/mol. The van der Waals surface area contributed by atoms with E-state index in [9.17, 15) is 14.7 Å². The van der Waals surface area contributed by atoms with Crippen molar-refractivity contribution >= 4 is 11.9 Å². The summed E-state index contributed by atoms with van der Waals surface area (Å²) in [4.78, 5) is 22.2. The minimum atomic E-state index is -0.964. The van der Waals surface area contributed by atoms with Crippen molar-refractivity contribution in [3.63, 3.8) is 0 Å². The number of ether oxygens (including phenoxy) is 2. The number of hydrogen-bond donors (Lipinski definition) is 1. The Kier molecular flexibility index (Phi) is 18.5. The predicted octanol–water partition coefficient (Wildman–Crippen LogP) is 5.04. The average molecular weight is 395 g/mol. The standard InChI is InChI=1S/C23H38O5/c1-3-4-5-6-7-8-9-10-11-12-13-14-15-16-17-18-23(26)28-20-22(25)19-27-21(2)24/h4-5,7-8,10-11,22,25H,3,6,9,12-20H2,1-2H3. The second-order valence-electron chi connectivity index (χ2n) is 6.74. The lowest BCUT2D eigenvalue weighted by Crippen LogP contribution is -2.24. The van der Waals surface area contributed by atoms with Gasteiger partial charge in [0.05, 0.1) is 0 Å². The molecule has 28 heavy (non-hydrogen) atoms. The van der Waals surface area contributed by atoms with Crippen LogP contribution in [-0.2, 0) is 19.1 Å². The molecule has 0 aromatic heterocycles. The molecule has 0 bridgehead atoms. The Morgan fingerprint density at radius 2 is 1.39 bits per heavy atom. The molecule has 1 unspecified atom stereocenters. The summed E-state index contributed by atoms with van der Waals surface area (Å²) in [6, 6.07) is 0. The van der Waals surface area contributed by atoms with E-state index in [0.717, 1.165) is 51.4 Å². The van der Waals surface area contributed by atoms with Crippen molar-refractivity contribution < 1.29 is 24.2 Å². The molecule has 160 valence electrons. The number of carbonyl (C=O) groups is 2. The molecule has 5 nitrogen and oxygen atoms in total. The van der Waals surface area contributed by atoms with Crippen LogP contribution in [0.15, 0.2) is 36.5 Å². The largest absolute Gasteiger partial charge is 0.463 e. The van der Waals surface area contributed by atoms with E-state index in [-0.39, 0.29) is 19.2 Å². The van der Waals surface area contributed by atoms with Crippen LogP contribution in [0.3, 0.4) is 0 Å². The minimum absolute atomic E-state index is 0.136. The zero-order valence-electron chi connectivity index (χ0n) is 17.6. The molecular formula is C23H38O5. The lowest BCUT2D eigenvalue weighted by Gasteiger charge is -2.11. The number of aliphatic hydroxyl groups excluding tert-OH is 1. The molecule has 1 atom stereocenters. The second kappa shape index (κ2) is 19.9. The first-order valence-electron chi connectivity index (χ1n) is 10.5. The predicted molar refractivity (Wildman–Crippen MR) is 113 cm³/mol. The van der Waals surface area contributed by atoms with Gasteiger partial charge in [-0.15, -0.1) is 0 Å². The molecule has 0 saturated heterocycles. The van der Waals surface area contributed by atoms with Crippen LogP contribution in [0.25, 0.3) is 0 Å². The third-order valence-corrected chi connectivity index (χ3v) is 3.95. The van der Waals surface area contributed by atoms with Gasteiger partial charge in [0.1, 0.15) is 19.3 Å². The van der Waals surface area contributed by atoms with Gasteiger partial charge < -0.3 is 14.6 Å². The Morgan fingerprint density at radius 1 is 0.821 bits per heavy atom. The van der Waals surface area contributed by atoms with Gasteiger partial charge in [-0.2, -0.15) is 0 Å². The molecule has 0 aliphatic rings. The van der Waals surface area contributed by atoms with Crippen LogP contribution in [-0.4, -0.2) is 36.4 Å². The Labute approximate surface area is 170 Å². The van der Waals surface area contributed by atoms with E-state index in [0.29, 0.717) is 6.42 Å². The van der Waals surface area contributed by atoms with Gasteiger partial charge in [-0.05, 0) is 38.5 Å². The van der Waals surface area contributed by atoms with E-state index < -0.39 is 12.1 Å². The molecule has 0 aromatic carbocycles. The maximum Gasteiger partial charge on any atom is 0.305 e. The smallest absolute Gasteiger partial charge is 0.305 e. The van der Waals surface area contributed by atoms with Crippen molar-refractivity contribution in [2.75, 3.05) is 13.2 Å². The first-order chi connectivity index (χ1) is 13.6. The maximum atomic E-state index is 11.6. The van der Waals surface area contributed by atoms with E-state index in [2.05, 4.69) is 48.1 Å². The summed E-state index contributed by atoms with van der Waals surface area (Å²) in [7, 11) is 0. The van der Waals surface area contributed by atoms with Crippen molar-refractivity contribution in [1.82, 2.24) is 0 Å². The molecule has 1 N–H and O–H groups in total. The minimum Gasteiger partial charge on any atom is -0.463 e. The first kappa shape index (κ1) is 26.1. The molecule has 0 saturated carbocycles. The summed E-state index contributed by atoms with van der Waals surface area (Å²) < 4.78 is 9.59. The molecule has 5 heteroatoms. The number of allylic oxidation sites excluding steroid dienone is 6. The lowest BCUT2D eigenvalue weighted by atomic mass is 10.1. The number of rotatable bonds is 17. The maximum absolute atomic E-state index is 11.6. The highest BCUT2D eigenvalue weighted by Crippen LogP contribution is 2.08. The zero-order valence-corrected chi connectivity index (χ0v) is 17.6. The normalized spacial score (nSPS) is 12.8. The van der Waals surface area contributed by atoms with Crippen molar-refractivity contribution in [2.24, 2.45) is 0 Å². The number of unbranched alkanes of at least 4 members (excludes halogenated alkanes) is 5. The molecule has 0 fully saturated rings. The Hall–Kier alpha value is -1.88. The third kappa shape index (κ3) is 20.4. The van der Waals surface area contributed by atoms with E-state index in [1.54, 1.807) is 0 Å². The molecule has 0 aromatic rings. The summed E-state index contributed by atoms with van der Waals surface area (Å²) in [6.07, 6.45) is 22.1. The fraction of sp³-hybridized carbons (Fsp3) is 0.652. The molecule has 0 heterocycles. The highest BCUT2D eigenvalue weighted by atomic mass is 16.6.